The molecule has 4 nitrogen and oxygen atoms in total. The summed E-state index contributed by atoms with van der Waals surface area (Å²) in [5.74, 6) is -0.0464. The summed E-state index contributed by atoms with van der Waals surface area (Å²) in [7, 11) is 0. The largest absolute Gasteiger partial charge is 0.481 e. The maximum absolute atomic E-state index is 11.3. The Morgan fingerprint density at radius 3 is 2.53 bits per heavy atom. The van der Waals surface area contributed by atoms with Crippen molar-refractivity contribution in [2.75, 3.05) is 6.54 Å². The summed E-state index contributed by atoms with van der Waals surface area (Å²) in [4.78, 5) is 21.5. The molecule has 0 atom stereocenters. The lowest BCUT2D eigenvalue weighted by Crippen LogP contribution is -2.28. The Balaban J connectivity index is 1.90. The number of amides is 1. The molecule has 1 amide bonds. The lowest BCUT2D eigenvalue weighted by atomic mass is 9.83. The van der Waals surface area contributed by atoms with E-state index < -0.39 is 5.97 Å². The standard InChI is InChI=1S/C11H19NO3/c13-10(8-9-4-3-5-9)12-7-2-1-6-11(14)15/h9H,1-8H2,(H,12,13)(H,14,15). The van der Waals surface area contributed by atoms with Gasteiger partial charge in [-0.3, -0.25) is 9.59 Å². The third kappa shape index (κ3) is 5.40. The number of carbonyl (C=O) groups is 2. The summed E-state index contributed by atoms with van der Waals surface area (Å²) >= 11 is 0. The van der Waals surface area contributed by atoms with Crippen LogP contribution in [0.15, 0.2) is 0 Å². The Hall–Kier alpha value is -1.06. The molecule has 0 saturated heterocycles. The van der Waals surface area contributed by atoms with Crippen LogP contribution in [0.3, 0.4) is 0 Å². The van der Waals surface area contributed by atoms with Gasteiger partial charge in [-0.1, -0.05) is 6.42 Å². The molecular weight excluding hydrogens is 194 g/mol. The number of hydrogen-bond donors (Lipinski definition) is 2. The van der Waals surface area contributed by atoms with Gasteiger partial charge in [0.15, 0.2) is 0 Å². The third-order valence-electron chi connectivity index (χ3n) is 2.84. The molecule has 0 spiro atoms. The van der Waals surface area contributed by atoms with Crippen LogP contribution < -0.4 is 5.32 Å². The minimum Gasteiger partial charge on any atom is -0.481 e. The molecule has 0 aromatic rings. The number of hydrogen-bond acceptors (Lipinski definition) is 2. The number of rotatable bonds is 7. The maximum atomic E-state index is 11.3. The average Bonchev–Trinajstić information content (AvgIpc) is 2.10. The van der Waals surface area contributed by atoms with Crippen LogP contribution >= 0.6 is 0 Å². The molecule has 1 saturated carbocycles. The van der Waals surface area contributed by atoms with Crippen LogP contribution in [0.4, 0.5) is 0 Å². The van der Waals surface area contributed by atoms with Gasteiger partial charge in [0, 0.05) is 19.4 Å². The number of unbranched alkanes of at least 4 members (excludes halogenated alkanes) is 1. The van der Waals surface area contributed by atoms with E-state index in [2.05, 4.69) is 5.32 Å². The van der Waals surface area contributed by atoms with Crippen LogP contribution in [0.5, 0.6) is 0 Å². The molecule has 0 heterocycles. The fourth-order valence-electron chi connectivity index (χ4n) is 1.66. The smallest absolute Gasteiger partial charge is 0.303 e. The summed E-state index contributed by atoms with van der Waals surface area (Å²) in [5.41, 5.74) is 0. The quantitative estimate of drug-likeness (QED) is 0.630. The first-order valence-electron chi connectivity index (χ1n) is 5.67. The molecule has 15 heavy (non-hydrogen) atoms. The van der Waals surface area contributed by atoms with Crippen molar-refractivity contribution in [3.05, 3.63) is 0 Å². The lowest BCUT2D eigenvalue weighted by molar-refractivity contribution is -0.137. The first kappa shape index (κ1) is 12.0. The lowest BCUT2D eigenvalue weighted by Gasteiger charge is -2.24. The van der Waals surface area contributed by atoms with E-state index in [1.165, 1.54) is 19.3 Å². The van der Waals surface area contributed by atoms with Gasteiger partial charge in [0.2, 0.25) is 5.91 Å². The molecule has 0 aliphatic heterocycles. The molecule has 0 unspecified atom stereocenters. The van der Waals surface area contributed by atoms with Gasteiger partial charge in [-0.15, -0.1) is 0 Å². The van der Waals surface area contributed by atoms with E-state index in [1.807, 2.05) is 0 Å². The Labute approximate surface area is 90.0 Å². The van der Waals surface area contributed by atoms with Crippen molar-refractivity contribution in [3.63, 3.8) is 0 Å². The Morgan fingerprint density at radius 2 is 2.00 bits per heavy atom. The second-order valence-electron chi connectivity index (χ2n) is 4.20. The summed E-state index contributed by atoms with van der Waals surface area (Å²) in [6, 6.07) is 0. The topological polar surface area (TPSA) is 66.4 Å². The molecule has 86 valence electrons. The average molecular weight is 213 g/mol. The SMILES string of the molecule is O=C(O)CCCCNC(=O)CC1CCC1. The Morgan fingerprint density at radius 1 is 1.27 bits per heavy atom. The van der Waals surface area contributed by atoms with Crippen molar-refractivity contribution >= 4 is 11.9 Å². The number of nitrogens with one attached hydrogen (secondary N) is 1. The number of aliphatic carboxylic acids is 1. The summed E-state index contributed by atoms with van der Waals surface area (Å²) in [5, 5.41) is 11.2. The van der Waals surface area contributed by atoms with E-state index in [0.717, 1.165) is 6.42 Å². The van der Waals surface area contributed by atoms with Crippen LogP contribution in [-0.2, 0) is 9.59 Å². The molecule has 0 aromatic heterocycles. The van der Waals surface area contributed by atoms with Crippen molar-refractivity contribution in [3.8, 4) is 0 Å². The first-order valence-corrected chi connectivity index (χ1v) is 5.67. The van der Waals surface area contributed by atoms with Gasteiger partial charge in [0.05, 0.1) is 0 Å². The van der Waals surface area contributed by atoms with Gasteiger partial charge < -0.3 is 10.4 Å². The molecule has 4 heteroatoms. The van der Waals surface area contributed by atoms with Crippen LogP contribution in [-0.4, -0.2) is 23.5 Å². The minimum absolute atomic E-state index is 0.120. The van der Waals surface area contributed by atoms with Crippen LogP contribution in [0.2, 0.25) is 0 Å². The predicted octanol–water partition coefficient (Wildman–Crippen LogP) is 1.55. The zero-order valence-corrected chi connectivity index (χ0v) is 9.00. The zero-order valence-electron chi connectivity index (χ0n) is 9.00. The Bertz CT molecular complexity index is 224. The second kappa shape index (κ2) is 6.43. The summed E-state index contributed by atoms with van der Waals surface area (Å²) < 4.78 is 0. The zero-order chi connectivity index (χ0) is 11.1. The monoisotopic (exact) mass is 213 g/mol. The van der Waals surface area contributed by atoms with Gasteiger partial charge in [-0.2, -0.15) is 0 Å². The summed E-state index contributed by atoms with van der Waals surface area (Å²) in [6.07, 6.45) is 5.87. The van der Waals surface area contributed by atoms with Gasteiger partial charge in [0.25, 0.3) is 0 Å². The van der Waals surface area contributed by atoms with Gasteiger partial charge in [-0.05, 0) is 31.6 Å². The molecule has 0 bridgehead atoms. The highest BCUT2D eigenvalue weighted by molar-refractivity contribution is 5.76. The van der Waals surface area contributed by atoms with Crippen molar-refractivity contribution in [2.45, 2.75) is 44.9 Å². The van der Waals surface area contributed by atoms with E-state index >= 15 is 0 Å². The molecule has 0 aromatic carbocycles. The molecule has 1 rings (SSSR count). The predicted molar refractivity (Wildman–Crippen MR) is 56.5 cm³/mol. The highest BCUT2D eigenvalue weighted by Crippen LogP contribution is 2.28. The maximum Gasteiger partial charge on any atom is 0.303 e. The van der Waals surface area contributed by atoms with Crippen molar-refractivity contribution < 1.29 is 14.7 Å². The fourth-order valence-corrected chi connectivity index (χ4v) is 1.66. The molecule has 2 N–H and O–H groups in total. The van der Waals surface area contributed by atoms with E-state index in [1.54, 1.807) is 0 Å². The van der Waals surface area contributed by atoms with Crippen LogP contribution in [0, 0.1) is 5.92 Å². The van der Waals surface area contributed by atoms with E-state index in [0.29, 0.717) is 25.3 Å². The van der Waals surface area contributed by atoms with Crippen LogP contribution in [0.25, 0.3) is 0 Å². The molecule has 1 fully saturated rings. The number of carboxylic acid groups (broad SMARTS) is 1. The van der Waals surface area contributed by atoms with Crippen LogP contribution in [0.1, 0.15) is 44.9 Å². The minimum atomic E-state index is -0.768. The summed E-state index contributed by atoms with van der Waals surface area (Å²) in [6.45, 7) is 0.610. The van der Waals surface area contributed by atoms with E-state index in [4.69, 9.17) is 5.11 Å². The van der Waals surface area contributed by atoms with Crippen molar-refractivity contribution in [1.82, 2.24) is 5.32 Å². The third-order valence-corrected chi connectivity index (χ3v) is 2.84. The number of carboxylic acids is 1. The Kier molecular flexibility index (Phi) is 5.15. The highest BCUT2D eigenvalue weighted by Gasteiger charge is 2.20. The van der Waals surface area contributed by atoms with Gasteiger partial charge in [-0.25, -0.2) is 0 Å². The number of carbonyl (C=O) groups excluding carboxylic acids is 1. The molecular formula is C11H19NO3. The molecule has 0 radical (unpaired) electrons. The first-order chi connectivity index (χ1) is 7.18. The van der Waals surface area contributed by atoms with E-state index in [-0.39, 0.29) is 12.3 Å². The van der Waals surface area contributed by atoms with Gasteiger partial charge >= 0.3 is 5.97 Å². The second-order valence-corrected chi connectivity index (χ2v) is 4.20. The fraction of sp³-hybridized carbons (Fsp3) is 0.818. The van der Waals surface area contributed by atoms with Crippen molar-refractivity contribution in [2.24, 2.45) is 5.92 Å². The highest BCUT2D eigenvalue weighted by atomic mass is 16.4. The van der Waals surface area contributed by atoms with Gasteiger partial charge in [0.1, 0.15) is 0 Å². The van der Waals surface area contributed by atoms with Crippen molar-refractivity contribution in [1.29, 1.82) is 0 Å². The molecule has 1 aliphatic carbocycles. The normalized spacial score (nSPS) is 15.7. The van der Waals surface area contributed by atoms with E-state index in [9.17, 15) is 9.59 Å². The molecule has 1 aliphatic rings.